The van der Waals surface area contributed by atoms with E-state index in [0.717, 1.165) is 31.1 Å². The van der Waals surface area contributed by atoms with Gasteiger partial charge in [-0.3, -0.25) is 0 Å². The molecule has 0 N–H and O–H groups in total. The van der Waals surface area contributed by atoms with Crippen molar-refractivity contribution in [1.29, 1.82) is 5.26 Å². The Kier molecular flexibility index (Phi) is 6.58. The predicted octanol–water partition coefficient (Wildman–Crippen LogP) is 4.16. The van der Waals surface area contributed by atoms with Crippen molar-refractivity contribution in [2.45, 2.75) is 64.9 Å². The highest BCUT2D eigenvalue weighted by atomic mass is 16.5. The van der Waals surface area contributed by atoms with Gasteiger partial charge in [0.2, 0.25) is 0 Å². The molecule has 2 unspecified atom stereocenters. The molecule has 0 spiro atoms. The van der Waals surface area contributed by atoms with Crippen molar-refractivity contribution < 1.29 is 4.74 Å². The number of nitrogens with zero attached hydrogens (tertiary/aromatic N) is 1. The first-order chi connectivity index (χ1) is 8.21. The Labute approximate surface area is 106 Å². The minimum atomic E-state index is 0.334. The van der Waals surface area contributed by atoms with E-state index >= 15 is 0 Å². The topological polar surface area (TPSA) is 33.0 Å². The van der Waals surface area contributed by atoms with Crippen LogP contribution in [0.5, 0.6) is 0 Å². The van der Waals surface area contributed by atoms with Gasteiger partial charge in [0.1, 0.15) is 0 Å². The summed E-state index contributed by atoms with van der Waals surface area (Å²) in [5.41, 5.74) is 0. The van der Waals surface area contributed by atoms with Crippen molar-refractivity contribution in [2.24, 2.45) is 17.8 Å². The number of hydrogen-bond donors (Lipinski definition) is 0. The van der Waals surface area contributed by atoms with Crippen LogP contribution in [0.3, 0.4) is 0 Å². The summed E-state index contributed by atoms with van der Waals surface area (Å²) in [6.07, 6.45) is 8.75. The summed E-state index contributed by atoms with van der Waals surface area (Å²) in [5, 5.41) is 8.89. The summed E-state index contributed by atoms with van der Waals surface area (Å²) in [5.74, 6) is 1.97. The zero-order valence-corrected chi connectivity index (χ0v) is 11.6. The van der Waals surface area contributed by atoms with Gasteiger partial charge in [-0.2, -0.15) is 5.26 Å². The maximum atomic E-state index is 8.89. The summed E-state index contributed by atoms with van der Waals surface area (Å²) >= 11 is 0. The van der Waals surface area contributed by atoms with E-state index in [-0.39, 0.29) is 0 Å². The molecule has 98 valence electrons. The van der Waals surface area contributed by atoms with Crippen LogP contribution in [0, 0.1) is 29.1 Å². The van der Waals surface area contributed by atoms with Crippen LogP contribution >= 0.6 is 0 Å². The van der Waals surface area contributed by atoms with Crippen molar-refractivity contribution in [2.75, 3.05) is 7.11 Å². The highest BCUT2D eigenvalue weighted by molar-refractivity contribution is 4.88. The summed E-state index contributed by atoms with van der Waals surface area (Å²) in [6, 6.07) is 2.41. The molecule has 0 saturated heterocycles. The molecule has 0 aliphatic heterocycles. The van der Waals surface area contributed by atoms with E-state index in [2.05, 4.69) is 19.9 Å². The second kappa shape index (κ2) is 7.71. The summed E-state index contributed by atoms with van der Waals surface area (Å²) in [7, 11) is 1.82. The molecule has 1 aliphatic carbocycles. The molecular weight excluding hydrogens is 210 g/mol. The number of rotatable bonds is 6. The van der Waals surface area contributed by atoms with Crippen LogP contribution in [-0.4, -0.2) is 13.2 Å². The van der Waals surface area contributed by atoms with Gasteiger partial charge in [0.25, 0.3) is 0 Å². The molecule has 0 aromatic heterocycles. The first-order valence-electron chi connectivity index (χ1n) is 7.13. The van der Waals surface area contributed by atoms with E-state index in [9.17, 15) is 0 Å². The molecular formula is C15H27NO. The molecule has 2 nitrogen and oxygen atoms in total. The fraction of sp³-hybridized carbons (Fsp3) is 0.933. The maximum Gasteiger partial charge on any atom is 0.0655 e. The van der Waals surface area contributed by atoms with Gasteiger partial charge in [0.05, 0.1) is 12.2 Å². The molecule has 2 heteroatoms. The fourth-order valence-electron chi connectivity index (χ4n) is 2.99. The Morgan fingerprint density at radius 3 is 2.35 bits per heavy atom. The van der Waals surface area contributed by atoms with Gasteiger partial charge in [-0.05, 0) is 56.8 Å². The Balaban J connectivity index is 2.24. The third-order valence-corrected chi connectivity index (χ3v) is 4.49. The van der Waals surface area contributed by atoms with Crippen LogP contribution in [0.1, 0.15) is 58.8 Å². The molecule has 0 bridgehead atoms. The zero-order valence-electron chi connectivity index (χ0n) is 11.6. The van der Waals surface area contributed by atoms with Gasteiger partial charge in [-0.1, -0.05) is 13.8 Å². The third-order valence-electron chi connectivity index (χ3n) is 4.49. The smallest absolute Gasteiger partial charge is 0.0655 e. The lowest BCUT2D eigenvalue weighted by Gasteiger charge is -2.30. The van der Waals surface area contributed by atoms with E-state index in [1.54, 1.807) is 0 Å². The summed E-state index contributed by atoms with van der Waals surface area (Å²) in [6.45, 7) is 4.57. The van der Waals surface area contributed by atoms with Gasteiger partial charge in [0.15, 0.2) is 0 Å². The van der Waals surface area contributed by atoms with Gasteiger partial charge < -0.3 is 4.74 Å². The Morgan fingerprint density at radius 2 is 1.88 bits per heavy atom. The maximum absolute atomic E-state index is 8.89. The van der Waals surface area contributed by atoms with E-state index in [1.807, 2.05) is 7.11 Å². The monoisotopic (exact) mass is 237 g/mol. The molecule has 0 radical (unpaired) electrons. The summed E-state index contributed by atoms with van der Waals surface area (Å²) < 4.78 is 5.43. The molecule has 0 heterocycles. The van der Waals surface area contributed by atoms with Gasteiger partial charge in [-0.25, -0.2) is 0 Å². The zero-order chi connectivity index (χ0) is 12.7. The number of hydrogen-bond acceptors (Lipinski definition) is 2. The van der Waals surface area contributed by atoms with E-state index < -0.39 is 0 Å². The van der Waals surface area contributed by atoms with Crippen LogP contribution in [0.25, 0.3) is 0 Å². The van der Waals surface area contributed by atoms with E-state index in [1.165, 1.54) is 25.7 Å². The van der Waals surface area contributed by atoms with Crippen molar-refractivity contribution in [3.05, 3.63) is 0 Å². The quantitative estimate of drug-likeness (QED) is 0.695. The second-order valence-electron chi connectivity index (χ2n) is 5.56. The predicted molar refractivity (Wildman–Crippen MR) is 70.5 cm³/mol. The molecule has 1 saturated carbocycles. The first-order valence-corrected chi connectivity index (χ1v) is 7.13. The van der Waals surface area contributed by atoms with Crippen LogP contribution in [0.15, 0.2) is 0 Å². The second-order valence-corrected chi connectivity index (χ2v) is 5.56. The Bertz CT molecular complexity index is 234. The van der Waals surface area contributed by atoms with Crippen molar-refractivity contribution in [3.8, 4) is 6.07 Å². The molecule has 0 amide bonds. The summed E-state index contributed by atoms with van der Waals surface area (Å²) in [4.78, 5) is 0. The SMILES string of the molecule is CCC(CCC(C)C1CCC(C#N)CC1)OC. The molecule has 2 atom stereocenters. The molecule has 0 aromatic rings. The normalized spacial score (nSPS) is 28.4. The average Bonchev–Trinajstić information content (AvgIpc) is 2.39. The molecule has 1 aliphatic rings. The number of methoxy groups -OCH3 is 1. The molecule has 17 heavy (non-hydrogen) atoms. The van der Waals surface area contributed by atoms with Crippen LogP contribution < -0.4 is 0 Å². The Hall–Kier alpha value is -0.550. The van der Waals surface area contributed by atoms with Gasteiger partial charge >= 0.3 is 0 Å². The molecule has 0 aromatic carbocycles. The molecule has 1 rings (SSSR count). The largest absolute Gasteiger partial charge is 0.381 e. The third kappa shape index (κ3) is 4.68. The standard InChI is InChI=1S/C15H27NO/c1-4-15(17-3)10-5-12(2)14-8-6-13(11-16)7-9-14/h12-15H,4-10H2,1-3H3. The lowest BCUT2D eigenvalue weighted by Crippen LogP contribution is -2.21. The van der Waals surface area contributed by atoms with Crippen LogP contribution in [-0.2, 0) is 4.74 Å². The van der Waals surface area contributed by atoms with Crippen molar-refractivity contribution >= 4 is 0 Å². The lowest BCUT2D eigenvalue weighted by atomic mass is 9.75. The minimum absolute atomic E-state index is 0.334. The van der Waals surface area contributed by atoms with Crippen LogP contribution in [0.4, 0.5) is 0 Å². The number of ether oxygens (including phenoxy) is 1. The fourth-order valence-corrected chi connectivity index (χ4v) is 2.99. The number of nitriles is 1. The van der Waals surface area contributed by atoms with Crippen LogP contribution in [0.2, 0.25) is 0 Å². The molecule has 1 fully saturated rings. The van der Waals surface area contributed by atoms with E-state index in [4.69, 9.17) is 10.00 Å². The first kappa shape index (κ1) is 14.5. The highest BCUT2D eigenvalue weighted by Crippen LogP contribution is 2.35. The minimum Gasteiger partial charge on any atom is -0.381 e. The Morgan fingerprint density at radius 1 is 1.24 bits per heavy atom. The lowest BCUT2D eigenvalue weighted by molar-refractivity contribution is 0.0812. The van der Waals surface area contributed by atoms with Crippen molar-refractivity contribution in [1.82, 2.24) is 0 Å². The highest BCUT2D eigenvalue weighted by Gasteiger charge is 2.25. The van der Waals surface area contributed by atoms with Crippen molar-refractivity contribution in [3.63, 3.8) is 0 Å². The average molecular weight is 237 g/mol. The van der Waals surface area contributed by atoms with E-state index in [0.29, 0.717) is 12.0 Å². The van der Waals surface area contributed by atoms with Gasteiger partial charge in [-0.15, -0.1) is 0 Å². The van der Waals surface area contributed by atoms with Gasteiger partial charge in [0, 0.05) is 13.0 Å².